The van der Waals surface area contributed by atoms with Crippen molar-refractivity contribution in [2.45, 2.75) is 38.4 Å². The number of aromatic nitrogens is 2. The molecule has 7 nitrogen and oxygen atoms in total. The molecule has 0 radical (unpaired) electrons. The number of hydrogen-bond donors (Lipinski definition) is 1. The highest BCUT2D eigenvalue weighted by Crippen LogP contribution is 2.21. The summed E-state index contributed by atoms with van der Waals surface area (Å²) in [5.41, 5.74) is 1.12. The van der Waals surface area contributed by atoms with Crippen LogP contribution in [0.5, 0.6) is 0 Å². The minimum atomic E-state index is 0.0437. The SMILES string of the molecule is CCNC(=NCC1CCCCO1)N1CCOC(c2cnn(C)c2)C1. The molecule has 0 spiro atoms. The van der Waals surface area contributed by atoms with Gasteiger partial charge in [-0.05, 0) is 26.2 Å². The topological polar surface area (TPSA) is 63.9 Å². The predicted molar refractivity (Wildman–Crippen MR) is 93.0 cm³/mol. The summed E-state index contributed by atoms with van der Waals surface area (Å²) in [5.74, 6) is 0.962. The zero-order valence-corrected chi connectivity index (χ0v) is 14.8. The molecule has 1 aromatic heterocycles. The summed E-state index contributed by atoms with van der Waals surface area (Å²) in [4.78, 5) is 7.11. The van der Waals surface area contributed by atoms with E-state index >= 15 is 0 Å². The molecule has 1 N–H and O–H groups in total. The molecule has 0 amide bonds. The largest absolute Gasteiger partial charge is 0.376 e. The van der Waals surface area contributed by atoms with E-state index in [0.29, 0.717) is 6.61 Å². The van der Waals surface area contributed by atoms with Gasteiger partial charge in [0.05, 0.1) is 32.0 Å². The fourth-order valence-corrected chi connectivity index (χ4v) is 3.22. The molecule has 24 heavy (non-hydrogen) atoms. The van der Waals surface area contributed by atoms with Gasteiger partial charge in [-0.15, -0.1) is 0 Å². The summed E-state index contributed by atoms with van der Waals surface area (Å²) in [7, 11) is 1.93. The summed E-state index contributed by atoms with van der Waals surface area (Å²) in [5, 5.41) is 7.66. The number of ether oxygens (including phenoxy) is 2. The third-order valence-corrected chi connectivity index (χ3v) is 4.52. The number of rotatable bonds is 4. The first-order valence-corrected chi connectivity index (χ1v) is 9.01. The molecule has 0 aromatic carbocycles. The van der Waals surface area contributed by atoms with Gasteiger partial charge < -0.3 is 19.7 Å². The molecular weight excluding hydrogens is 306 g/mol. The highest BCUT2D eigenvalue weighted by Gasteiger charge is 2.25. The van der Waals surface area contributed by atoms with E-state index in [0.717, 1.165) is 50.7 Å². The molecule has 3 rings (SSSR count). The average molecular weight is 335 g/mol. The van der Waals surface area contributed by atoms with Gasteiger partial charge in [0, 0.05) is 38.5 Å². The molecule has 2 unspecified atom stereocenters. The lowest BCUT2D eigenvalue weighted by Crippen LogP contribution is -2.48. The zero-order chi connectivity index (χ0) is 16.8. The van der Waals surface area contributed by atoms with Crippen LogP contribution in [0.25, 0.3) is 0 Å². The summed E-state index contributed by atoms with van der Waals surface area (Å²) >= 11 is 0. The highest BCUT2D eigenvalue weighted by molar-refractivity contribution is 5.80. The van der Waals surface area contributed by atoms with Crippen LogP contribution in [0.1, 0.15) is 37.9 Å². The second kappa shape index (κ2) is 8.48. The lowest BCUT2D eigenvalue weighted by Gasteiger charge is -2.35. The van der Waals surface area contributed by atoms with Gasteiger partial charge in [-0.3, -0.25) is 9.67 Å². The monoisotopic (exact) mass is 335 g/mol. The number of guanidine groups is 1. The van der Waals surface area contributed by atoms with Gasteiger partial charge in [0.25, 0.3) is 0 Å². The van der Waals surface area contributed by atoms with Crippen LogP contribution in [0.3, 0.4) is 0 Å². The first-order valence-electron chi connectivity index (χ1n) is 9.01. The third kappa shape index (κ3) is 4.48. The van der Waals surface area contributed by atoms with E-state index in [1.807, 2.05) is 24.1 Å². The maximum absolute atomic E-state index is 5.93. The first kappa shape index (κ1) is 17.2. The Balaban J connectivity index is 1.63. The number of nitrogens with zero attached hydrogens (tertiary/aromatic N) is 4. The highest BCUT2D eigenvalue weighted by atomic mass is 16.5. The Morgan fingerprint density at radius 2 is 2.29 bits per heavy atom. The molecule has 0 bridgehead atoms. The predicted octanol–water partition coefficient (Wildman–Crippen LogP) is 1.33. The molecule has 2 aliphatic rings. The van der Waals surface area contributed by atoms with E-state index in [-0.39, 0.29) is 12.2 Å². The number of hydrogen-bond acceptors (Lipinski definition) is 4. The minimum Gasteiger partial charge on any atom is -0.376 e. The van der Waals surface area contributed by atoms with Crippen molar-refractivity contribution in [1.29, 1.82) is 0 Å². The second-order valence-corrected chi connectivity index (χ2v) is 6.44. The van der Waals surface area contributed by atoms with Crippen LogP contribution >= 0.6 is 0 Å². The molecule has 2 atom stereocenters. The standard InChI is InChI=1S/C17H29N5O2/c1-3-18-17(19-11-15-6-4-5-8-23-15)22-7-9-24-16(13-22)14-10-20-21(2)12-14/h10,12,15-16H,3-9,11,13H2,1-2H3,(H,18,19). The maximum Gasteiger partial charge on any atom is 0.194 e. The van der Waals surface area contributed by atoms with Crippen molar-refractivity contribution in [2.24, 2.45) is 12.0 Å². The van der Waals surface area contributed by atoms with Crippen molar-refractivity contribution in [1.82, 2.24) is 20.0 Å². The van der Waals surface area contributed by atoms with E-state index in [1.165, 1.54) is 12.8 Å². The van der Waals surface area contributed by atoms with Crippen LogP contribution in [0.4, 0.5) is 0 Å². The Hall–Kier alpha value is -1.60. The Morgan fingerprint density at radius 3 is 3.00 bits per heavy atom. The molecule has 134 valence electrons. The van der Waals surface area contributed by atoms with Gasteiger partial charge in [0.2, 0.25) is 0 Å². The summed E-state index contributed by atoms with van der Waals surface area (Å²) in [6.07, 6.45) is 7.75. The lowest BCUT2D eigenvalue weighted by atomic mass is 10.1. The van der Waals surface area contributed by atoms with Crippen molar-refractivity contribution >= 4 is 5.96 Å². The molecule has 2 aliphatic heterocycles. The fraction of sp³-hybridized carbons (Fsp3) is 0.765. The maximum atomic E-state index is 5.93. The van der Waals surface area contributed by atoms with Crippen LogP contribution in [0, 0.1) is 0 Å². The van der Waals surface area contributed by atoms with Crippen LogP contribution in [0.15, 0.2) is 17.4 Å². The van der Waals surface area contributed by atoms with E-state index in [2.05, 4.69) is 22.2 Å². The van der Waals surface area contributed by atoms with Gasteiger partial charge in [-0.1, -0.05) is 0 Å². The summed E-state index contributed by atoms with van der Waals surface area (Å²) < 4.78 is 13.5. The molecule has 0 aliphatic carbocycles. The average Bonchev–Trinajstić information content (AvgIpc) is 3.06. The normalized spacial score (nSPS) is 25.8. The third-order valence-electron chi connectivity index (χ3n) is 4.52. The van der Waals surface area contributed by atoms with E-state index < -0.39 is 0 Å². The number of aryl methyl sites for hydroxylation is 1. The Bertz CT molecular complexity index is 539. The summed E-state index contributed by atoms with van der Waals surface area (Å²) in [6, 6.07) is 0. The van der Waals surface area contributed by atoms with Crippen LogP contribution in [0.2, 0.25) is 0 Å². The number of nitrogens with one attached hydrogen (secondary N) is 1. The molecule has 2 fully saturated rings. The van der Waals surface area contributed by atoms with Crippen LogP contribution < -0.4 is 5.32 Å². The molecule has 2 saturated heterocycles. The van der Waals surface area contributed by atoms with Gasteiger partial charge in [0.1, 0.15) is 6.10 Å². The van der Waals surface area contributed by atoms with E-state index in [9.17, 15) is 0 Å². The van der Waals surface area contributed by atoms with Crippen LogP contribution in [-0.2, 0) is 16.5 Å². The Morgan fingerprint density at radius 1 is 1.38 bits per heavy atom. The minimum absolute atomic E-state index is 0.0437. The van der Waals surface area contributed by atoms with Crippen molar-refractivity contribution in [2.75, 3.05) is 39.4 Å². The molecule has 0 saturated carbocycles. The van der Waals surface area contributed by atoms with E-state index in [4.69, 9.17) is 14.5 Å². The first-order chi connectivity index (χ1) is 11.8. The van der Waals surface area contributed by atoms with Gasteiger partial charge in [-0.25, -0.2) is 0 Å². The van der Waals surface area contributed by atoms with Crippen molar-refractivity contribution in [3.63, 3.8) is 0 Å². The number of morpholine rings is 1. The van der Waals surface area contributed by atoms with Crippen molar-refractivity contribution < 1.29 is 9.47 Å². The van der Waals surface area contributed by atoms with Gasteiger partial charge in [-0.2, -0.15) is 5.10 Å². The lowest BCUT2D eigenvalue weighted by molar-refractivity contribution is -0.00846. The smallest absolute Gasteiger partial charge is 0.194 e. The second-order valence-electron chi connectivity index (χ2n) is 6.44. The fourth-order valence-electron chi connectivity index (χ4n) is 3.22. The Labute approximate surface area is 144 Å². The zero-order valence-electron chi connectivity index (χ0n) is 14.8. The van der Waals surface area contributed by atoms with Crippen LogP contribution in [-0.4, -0.2) is 66.1 Å². The van der Waals surface area contributed by atoms with Gasteiger partial charge in [0.15, 0.2) is 5.96 Å². The Kier molecular flexibility index (Phi) is 6.09. The molecular formula is C17H29N5O2. The quantitative estimate of drug-likeness (QED) is 0.664. The molecule has 1 aromatic rings. The summed E-state index contributed by atoms with van der Waals surface area (Å²) in [6.45, 7) is 6.92. The van der Waals surface area contributed by atoms with Crippen molar-refractivity contribution in [3.8, 4) is 0 Å². The number of aliphatic imine (C=N–C) groups is 1. The van der Waals surface area contributed by atoms with E-state index in [1.54, 1.807) is 0 Å². The van der Waals surface area contributed by atoms with Crippen molar-refractivity contribution in [3.05, 3.63) is 18.0 Å². The molecule has 7 heteroatoms. The molecule has 3 heterocycles. The van der Waals surface area contributed by atoms with Gasteiger partial charge >= 0.3 is 0 Å².